The molecule has 0 N–H and O–H groups in total. The van der Waals surface area contributed by atoms with Gasteiger partial charge in [-0.25, -0.2) is 0 Å². The van der Waals surface area contributed by atoms with E-state index in [1.165, 1.54) is 44.9 Å². The quantitative estimate of drug-likeness (QED) is 0.463. The summed E-state index contributed by atoms with van der Waals surface area (Å²) in [6.45, 7) is 2.91. The molecule has 1 heterocycles. The Bertz CT molecular complexity index is 166. The molecular weight excluding hydrogens is 176 g/mol. The Balaban J connectivity index is 1.86. The zero-order valence-corrected chi connectivity index (χ0v) is 9.26. The summed E-state index contributed by atoms with van der Waals surface area (Å²) >= 11 is 0. The molecule has 2 heteroatoms. The molecule has 0 aromatic carbocycles. The van der Waals surface area contributed by atoms with Crippen LogP contribution in [0.3, 0.4) is 0 Å². The average molecular weight is 198 g/mol. The molecular formula is C12H22O2. The van der Waals surface area contributed by atoms with Crippen LogP contribution in [-0.4, -0.2) is 12.6 Å². The third kappa shape index (κ3) is 4.64. The lowest BCUT2D eigenvalue weighted by Crippen LogP contribution is -1.98. The molecule has 0 amide bonds. The minimum Gasteiger partial charge on any atom is -0.465 e. The molecule has 1 unspecified atom stereocenters. The molecule has 0 spiro atoms. The number of ether oxygens (including phenoxy) is 1. The van der Waals surface area contributed by atoms with Crippen molar-refractivity contribution in [3.05, 3.63) is 0 Å². The first kappa shape index (κ1) is 11.5. The predicted octanol–water partition coefficient (Wildman–Crippen LogP) is 3.30. The SMILES string of the molecule is CCCCCCCCC1COC(=O)C1. The van der Waals surface area contributed by atoms with Crippen LogP contribution in [0.1, 0.15) is 58.3 Å². The summed E-state index contributed by atoms with van der Waals surface area (Å²) < 4.78 is 4.92. The van der Waals surface area contributed by atoms with Crippen LogP contribution in [0.2, 0.25) is 0 Å². The van der Waals surface area contributed by atoms with E-state index in [0.29, 0.717) is 18.9 Å². The van der Waals surface area contributed by atoms with Gasteiger partial charge >= 0.3 is 5.97 Å². The van der Waals surface area contributed by atoms with Gasteiger partial charge in [0.2, 0.25) is 0 Å². The molecule has 1 atom stereocenters. The van der Waals surface area contributed by atoms with Crippen LogP contribution in [0.4, 0.5) is 0 Å². The van der Waals surface area contributed by atoms with Gasteiger partial charge in [-0.1, -0.05) is 45.4 Å². The summed E-state index contributed by atoms with van der Waals surface area (Å²) in [5.41, 5.74) is 0. The first-order valence-electron chi connectivity index (χ1n) is 5.98. The predicted molar refractivity (Wildman–Crippen MR) is 57.1 cm³/mol. The molecule has 1 aliphatic rings. The van der Waals surface area contributed by atoms with Crippen molar-refractivity contribution < 1.29 is 9.53 Å². The smallest absolute Gasteiger partial charge is 0.306 e. The molecule has 0 saturated carbocycles. The molecule has 1 fully saturated rings. The van der Waals surface area contributed by atoms with E-state index in [1.54, 1.807) is 0 Å². The maximum absolute atomic E-state index is 10.8. The second-order valence-electron chi connectivity index (χ2n) is 4.31. The number of carbonyl (C=O) groups excluding carboxylic acids is 1. The highest BCUT2D eigenvalue weighted by atomic mass is 16.5. The number of carbonyl (C=O) groups is 1. The van der Waals surface area contributed by atoms with E-state index in [4.69, 9.17) is 4.74 Å². The van der Waals surface area contributed by atoms with Crippen LogP contribution in [-0.2, 0) is 9.53 Å². The summed E-state index contributed by atoms with van der Waals surface area (Å²) in [5.74, 6) is 0.523. The fraction of sp³-hybridized carbons (Fsp3) is 0.917. The van der Waals surface area contributed by atoms with Crippen LogP contribution < -0.4 is 0 Å². The Morgan fingerprint density at radius 2 is 1.93 bits per heavy atom. The average Bonchev–Trinajstić information content (AvgIpc) is 2.58. The van der Waals surface area contributed by atoms with E-state index in [1.807, 2.05) is 0 Å². The molecule has 82 valence electrons. The Hall–Kier alpha value is -0.530. The minimum absolute atomic E-state index is 0.000910. The summed E-state index contributed by atoms with van der Waals surface area (Å²) in [4.78, 5) is 10.8. The second-order valence-corrected chi connectivity index (χ2v) is 4.31. The van der Waals surface area contributed by atoms with Gasteiger partial charge in [0.1, 0.15) is 0 Å². The van der Waals surface area contributed by atoms with Crippen molar-refractivity contribution in [3.8, 4) is 0 Å². The van der Waals surface area contributed by atoms with Crippen molar-refractivity contribution in [2.45, 2.75) is 58.3 Å². The highest BCUT2D eigenvalue weighted by Gasteiger charge is 2.22. The summed E-state index contributed by atoms with van der Waals surface area (Å²) in [6, 6.07) is 0. The fourth-order valence-electron chi connectivity index (χ4n) is 1.96. The third-order valence-electron chi connectivity index (χ3n) is 2.90. The monoisotopic (exact) mass is 198 g/mol. The van der Waals surface area contributed by atoms with Crippen molar-refractivity contribution in [1.82, 2.24) is 0 Å². The molecule has 14 heavy (non-hydrogen) atoms. The number of rotatable bonds is 7. The molecule has 1 aliphatic heterocycles. The Morgan fingerprint density at radius 3 is 2.57 bits per heavy atom. The first-order chi connectivity index (χ1) is 6.83. The van der Waals surface area contributed by atoms with Gasteiger partial charge in [0.25, 0.3) is 0 Å². The van der Waals surface area contributed by atoms with Gasteiger partial charge in [0.15, 0.2) is 0 Å². The van der Waals surface area contributed by atoms with E-state index < -0.39 is 0 Å². The van der Waals surface area contributed by atoms with E-state index in [-0.39, 0.29) is 5.97 Å². The molecule has 0 bridgehead atoms. The minimum atomic E-state index is 0.000910. The van der Waals surface area contributed by atoms with Gasteiger partial charge in [-0.05, 0) is 6.42 Å². The van der Waals surface area contributed by atoms with Crippen LogP contribution >= 0.6 is 0 Å². The van der Waals surface area contributed by atoms with Crippen molar-refractivity contribution >= 4 is 5.97 Å². The maximum atomic E-state index is 10.8. The van der Waals surface area contributed by atoms with E-state index in [2.05, 4.69) is 6.92 Å². The maximum Gasteiger partial charge on any atom is 0.306 e. The first-order valence-corrected chi connectivity index (χ1v) is 5.98. The molecule has 2 nitrogen and oxygen atoms in total. The summed E-state index contributed by atoms with van der Waals surface area (Å²) in [5, 5.41) is 0. The lowest BCUT2D eigenvalue weighted by Gasteiger charge is -2.04. The molecule has 0 aromatic rings. The van der Waals surface area contributed by atoms with E-state index in [9.17, 15) is 4.79 Å². The zero-order valence-electron chi connectivity index (χ0n) is 9.26. The van der Waals surface area contributed by atoms with Gasteiger partial charge in [-0.3, -0.25) is 4.79 Å². The third-order valence-corrected chi connectivity index (χ3v) is 2.90. The molecule has 0 aromatic heterocycles. The van der Waals surface area contributed by atoms with Crippen molar-refractivity contribution in [3.63, 3.8) is 0 Å². The highest BCUT2D eigenvalue weighted by Crippen LogP contribution is 2.20. The Kier molecular flexibility index (Phi) is 5.65. The van der Waals surface area contributed by atoms with Gasteiger partial charge in [-0.2, -0.15) is 0 Å². The lowest BCUT2D eigenvalue weighted by atomic mass is 9.99. The Labute approximate surface area is 87.0 Å². The zero-order chi connectivity index (χ0) is 10.2. The van der Waals surface area contributed by atoms with Gasteiger partial charge in [0.05, 0.1) is 13.0 Å². The van der Waals surface area contributed by atoms with Crippen LogP contribution in [0.5, 0.6) is 0 Å². The van der Waals surface area contributed by atoms with Crippen LogP contribution in [0, 0.1) is 5.92 Å². The van der Waals surface area contributed by atoms with Gasteiger partial charge in [0, 0.05) is 5.92 Å². The van der Waals surface area contributed by atoms with Crippen LogP contribution in [0.25, 0.3) is 0 Å². The van der Waals surface area contributed by atoms with Crippen molar-refractivity contribution in [2.75, 3.05) is 6.61 Å². The van der Waals surface area contributed by atoms with Crippen molar-refractivity contribution in [2.24, 2.45) is 5.92 Å². The number of hydrogen-bond donors (Lipinski definition) is 0. The molecule has 0 aliphatic carbocycles. The number of unbranched alkanes of at least 4 members (excludes halogenated alkanes) is 5. The molecule has 0 radical (unpaired) electrons. The van der Waals surface area contributed by atoms with Gasteiger partial charge < -0.3 is 4.74 Å². The van der Waals surface area contributed by atoms with Gasteiger partial charge in [-0.15, -0.1) is 0 Å². The second kappa shape index (κ2) is 6.86. The molecule has 1 rings (SSSR count). The van der Waals surface area contributed by atoms with E-state index in [0.717, 1.165) is 0 Å². The lowest BCUT2D eigenvalue weighted by molar-refractivity contribution is -0.137. The summed E-state index contributed by atoms with van der Waals surface area (Å²) in [6.07, 6.45) is 9.84. The van der Waals surface area contributed by atoms with Crippen LogP contribution in [0.15, 0.2) is 0 Å². The number of cyclic esters (lactones) is 1. The normalized spacial score (nSPS) is 21.2. The Morgan fingerprint density at radius 1 is 1.21 bits per heavy atom. The largest absolute Gasteiger partial charge is 0.465 e. The van der Waals surface area contributed by atoms with E-state index >= 15 is 0 Å². The highest BCUT2D eigenvalue weighted by molar-refractivity contribution is 5.71. The number of esters is 1. The summed E-state index contributed by atoms with van der Waals surface area (Å²) in [7, 11) is 0. The fourth-order valence-corrected chi connectivity index (χ4v) is 1.96. The van der Waals surface area contributed by atoms with Crippen molar-refractivity contribution in [1.29, 1.82) is 0 Å². The topological polar surface area (TPSA) is 26.3 Å². The number of hydrogen-bond acceptors (Lipinski definition) is 2. The standard InChI is InChI=1S/C12H22O2/c1-2-3-4-5-6-7-8-11-9-12(13)14-10-11/h11H,2-10H2,1H3. The molecule has 1 saturated heterocycles.